The summed E-state index contributed by atoms with van der Waals surface area (Å²) in [5.41, 5.74) is 2.79. The monoisotopic (exact) mass is 485 g/mol. The number of halogens is 2. The van der Waals surface area contributed by atoms with Crippen molar-refractivity contribution in [3.05, 3.63) is 90.9 Å². The minimum absolute atomic E-state index is 0.0499. The first-order chi connectivity index (χ1) is 16.7. The third kappa shape index (κ3) is 4.69. The van der Waals surface area contributed by atoms with Gasteiger partial charge in [0, 0.05) is 29.7 Å². The number of amides is 1. The molecular weight excluding hydrogens is 468 g/mol. The number of aryl methyl sites for hydroxylation is 1. The lowest BCUT2D eigenvalue weighted by Crippen LogP contribution is -2.15. The number of hydrogen-bond acceptors (Lipinski definition) is 8. The fourth-order valence-corrected chi connectivity index (χ4v) is 3.77. The van der Waals surface area contributed by atoms with Crippen LogP contribution in [0.15, 0.2) is 45.9 Å². The van der Waals surface area contributed by atoms with Crippen LogP contribution in [0.3, 0.4) is 0 Å². The molecule has 0 unspecified atom stereocenters. The van der Waals surface area contributed by atoms with Crippen LogP contribution in [0.5, 0.6) is 0 Å². The lowest BCUT2D eigenvalue weighted by Gasteiger charge is -2.13. The number of rotatable bonds is 6. The van der Waals surface area contributed by atoms with Crippen molar-refractivity contribution in [1.82, 2.24) is 0 Å². The van der Waals surface area contributed by atoms with Crippen LogP contribution < -0.4 is 10.7 Å². The zero-order chi connectivity index (χ0) is 25.3. The van der Waals surface area contributed by atoms with Gasteiger partial charge in [0.1, 0.15) is 23.1 Å². The quantitative estimate of drug-likeness (QED) is 0.364. The van der Waals surface area contributed by atoms with Crippen LogP contribution in [0.4, 0.5) is 31.5 Å². The van der Waals surface area contributed by atoms with Gasteiger partial charge in [0.2, 0.25) is 0 Å². The largest absolute Gasteiger partial charge is 0.455 e. The average Bonchev–Trinajstić information content (AvgIpc) is 3.16. The van der Waals surface area contributed by atoms with Gasteiger partial charge in [-0.05, 0) is 38.0 Å². The first-order valence-corrected chi connectivity index (χ1v) is 10.3. The normalized spacial score (nSPS) is 13.9. The molecule has 0 saturated heterocycles. The Hall–Kier alpha value is -4.68. The Morgan fingerprint density at radius 3 is 2.49 bits per heavy atom. The van der Waals surface area contributed by atoms with E-state index >= 15 is 0 Å². The summed E-state index contributed by atoms with van der Waals surface area (Å²) in [6.07, 6.45) is 1.59. The van der Waals surface area contributed by atoms with Crippen LogP contribution in [0.2, 0.25) is 0 Å². The van der Waals surface area contributed by atoms with Crippen molar-refractivity contribution in [2.75, 3.05) is 10.7 Å². The molecule has 1 amide bonds. The molecule has 11 nitrogen and oxygen atoms in total. The number of nitrogens with one attached hydrogen (secondary N) is 2. The van der Waals surface area contributed by atoms with Gasteiger partial charge >= 0.3 is 5.69 Å². The fraction of sp³-hybridized carbons (Fsp3) is 0.182. The Kier molecular flexibility index (Phi) is 6.23. The van der Waals surface area contributed by atoms with Crippen LogP contribution in [-0.2, 0) is 6.42 Å². The third-order valence-corrected chi connectivity index (χ3v) is 5.41. The van der Waals surface area contributed by atoms with E-state index in [1.165, 1.54) is 6.07 Å². The van der Waals surface area contributed by atoms with Crippen LogP contribution in [0, 0.1) is 38.8 Å². The number of carbonyl (C=O) groups excluding carboxylic acids is 1. The van der Waals surface area contributed by atoms with Crippen molar-refractivity contribution in [3.63, 3.8) is 0 Å². The number of carbonyl (C=O) groups is 1. The third-order valence-electron chi connectivity index (χ3n) is 5.41. The number of nitro benzene ring substituents is 2. The summed E-state index contributed by atoms with van der Waals surface area (Å²) in [5.74, 6) is -2.07. The molecule has 1 aromatic heterocycles. The molecule has 0 bridgehead atoms. The van der Waals surface area contributed by atoms with Gasteiger partial charge in [0.15, 0.2) is 5.76 Å². The number of nitro groups is 2. The SMILES string of the molecule is Cc1c(C(=O)Nc2ccc(F)cc2F)oc2c1/C(=N/Nc1ccc([N+](=O)[O-])cc1[N+](=O)[O-])CCC2. The Balaban J connectivity index is 1.63. The summed E-state index contributed by atoms with van der Waals surface area (Å²) in [5, 5.41) is 28.9. The summed E-state index contributed by atoms with van der Waals surface area (Å²) < 4.78 is 32.8. The summed E-state index contributed by atoms with van der Waals surface area (Å²) in [6, 6.07) is 5.87. The van der Waals surface area contributed by atoms with Crippen LogP contribution in [0.1, 0.15) is 40.3 Å². The minimum atomic E-state index is -0.941. The first-order valence-electron chi connectivity index (χ1n) is 10.3. The van der Waals surface area contributed by atoms with Gasteiger partial charge in [-0.3, -0.25) is 30.4 Å². The highest BCUT2D eigenvalue weighted by Gasteiger charge is 2.29. The fourth-order valence-electron chi connectivity index (χ4n) is 3.77. The molecule has 2 aromatic carbocycles. The molecule has 35 heavy (non-hydrogen) atoms. The lowest BCUT2D eigenvalue weighted by molar-refractivity contribution is -0.393. The van der Waals surface area contributed by atoms with Crippen LogP contribution in [-0.4, -0.2) is 21.5 Å². The van der Waals surface area contributed by atoms with Crippen molar-refractivity contribution in [3.8, 4) is 0 Å². The molecule has 13 heteroatoms. The molecule has 4 rings (SSSR count). The van der Waals surface area contributed by atoms with E-state index in [-0.39, 0.29) is 17.1 Å². The van der Waals surface area contributed by atoms with E-state index in [4.69, 9.17) is 4.42 Å². The summed E-state index contributed by atoms with van der Waals surface area (Å²) in [6.45, 7) is 1.62. The Bertz CT molecular complexity index is 1400. The van der Waals surface area contributed by atoms with E-state index < -0.39 is 38.8 Å². The second-order valence-electron chi connectivity index (χ2n) is 7.67. The minimum Gasteiger partial charge on any atom is -0.455 e. The molecule has 0 saturated carbocycles. The Morgan fingerprint density at radius 2 is 1.80 bits per heavy atom. The summed E-state index contributed by atoms with van der Waals surface area (Å²) in [4.78, 5) is 33.5. The predicted octanol–water partition coefficient (Wildman–Crippen LogP) is 5.09. The van der Waals surface area contributed by atoms with Gasteiger partial charge in [-0.1, -0.05) is 0 Å². The van der Waals surface area contributed by atoms with Crippen molar-refractivity contribution in [1.29, 1.82) is 0 Å². The van der Waals surface area contributed by atoms with Gasteiger partial charge < -0.3 is 9.73 Å². The van der Waals surface area contributed by atoms with E-state index in [2.05, 4.69) is 15.8 Å². The number of benzene rings is 2. The molecule has 0 fully saturated rings. The average molecular weight is 485 g/mol. The number of non-ortho nitro benzene ring substituents is 1. The molecule has 180 valence electrons. The van der Waals surface area contributed by atoms with Crippen molar-refractivity contribution in [2.45, 2.75) is 26.2 Å². The molecule has 1 aliphatic carbocycles. The molecule has 3 aromatic rings. The van der Waals surface area contributed by atoms with Crippen molar-refractivity contribution < 1.29 is 27.8 Å². The standard InChI is InChI=1S/C22H17F2N5O6/c1-11-20-17(27-26-16-8-6-13(28(31)32)10-18(16)29(33)34)3-2-4-19(20)35-21(11)22(30)25-15-7-5-12(23)9-14(15)24/h5-10,26H,2-4H2,1H3,(H,25,30)/b27-17+. The lowest BCUT2D eigenvalue weighted by atomic mass is 9.93. The highest BCUT2D eigenvalue weighted by atomic mass is 19.1. The van der Waals surface area contributed by atoms with Gasteiger partial charge in [-0.2, -0.15) is 5.10 Å². The summed E-state index contributed by atoms with van der Waals surface area (Å²) >= 11 is 0. The van der Waals surface area contributed by atoms with Crippen LogP contribution >= 0.6 is 0 Å². The molecule has 0 spiro atoms. The van der Waals surface area contributed by atoms with E-state index in [0.717, 1.165) is 24.3 Å². The molecule has 1 heterocycles. The van der Waals surface area contributed by atoms with E-state index in [9.17, 15) is 33.8 Å². The highest BCUT2D eigenvalue weighted by molar-refractivity contribution is 6.09. The molecule has 0 radical (unpaired) electrons. The van der Waals surface area contributed by atoms with E-state index in [1.54, 1.807) is 6.92 Å². The highest BCUT2D eigenvalue weighted by Crippen LogP contribution is 2.32. The second kappa shape index (κ2) is 9.29. The maximum Gasteiger partial charge on any atom is 0.301 e. The number of furan rings is 1. The maximum atomic E-state index is 13.9. The number of nitrogens with zero attached hydrogens (tertiary/aromatic N) is 3. The van der Waals surface area contributed by atoms with Crippen LogP contribution in [0.25, 0.3) is 0 Å². The number of hydrogen-bond donors (Lipinski definition) is 2. The molecule has 0 aliphatic heterocycles. The number of hydrazone groups is 1. The predicted molar refractivity (Wildman–Crippen MR) is 121 cm³/mol. The molecule has 1 aliphatic rings. The zero-order valence-corrected chi connectivity index (χ0v) is 18.1. The van der Waals surface area contributed by atoms with Crippen molar-refractivity contribution >= 4 is 34.4 Å². The van der Waals surface area contributed by atoms with Gasteiger partial charge in [0.05, 0.1) is 27.3 Å². The smallest absolute Gasteiger partial charge is 0.301 e. The Morgan fingerprint density at radius 1 is 1.06 bits per heavy atom. The summed E-state index contributed by atoms with van der Waals surface area (Å²) in [7, 11) is 0. The topological polar surface area (TPSA) is 153 Å². The maximum absolute atomic E-state index is 13.9. The van der Waals surface area contributed by atoms with Gasteiger partial charge in [-0.15, -0.1) is 0 Å². The van der Waals surface area contributed by atoms with E-state index in [1.807, 2.05) is 0 Å². The van der Waals surface area contributed by atoms with E-state index in [0.29, 0.717) is 47.9 Å². The van der Waals surface area contributed by atoms with Crippen molar-refractivity contribution in [2.24, 2.45) is 5.10 Å². The number of anilines is 2. The Labute approximate surface area is 195 Å². The first kappa shape index (κ1) is 23.5. The molecule has 0 atom stereocenters. The van der Waals surface area contributed by atoms with Gasteiger partial charge in [-0.25, -0.2) is 8.78 Å². The molecule has 2 N–H and O–H groups in total. The second-order valence-corrected chi connectivity index (χ2v) is 7.67. The number of fused-ring (bicyclic) bond motifs is 1. The zero-order valence-electron chi connectivity index (χ0n) is 18.1. The van der Waals surface area contributed by atoms with Gasteiger partial charge in [0.25, 0.3) is 11.6 Å². The molecular formula is C22H17F2N5O6.